The smallest absolute Gasteiger partial charge is 0.251 e. The van der Waals surface area contributed by atoms with Crippen molar-refractivity contribution in [1.29, 1.82) is 0 Å². The maximum absolute atomic E-state index is 11.7. The molecule has 4 heteroatoms. The fraction of sp³-hybridized carbons (Fsp3) is 0.562. The largest absolute Gasteiger partial charge is 0.381 e. The fourth-order valence-electron chi connectivity index (χ4n) is 3.01. The van der Waals surface area contributed by atoms with Gasteiger partial charge >= 0.3 is 0 Å². The highest BCUT2D eigenvalue weighted by atomic mass is 35.5. The summed E-state index contributed by atoms with van der Waals surface area (Å²) in [5.41, 5.74) is 1.52. The average Bonchev–Trinajstić information content (AvgIpc) is 2.49. The van der Waals surface area contributed by atoms with E-state index >= 15 is 0 Å². The molecule has 2 atom stereocenters. The number of hydrogen-bond donors (Lipinski definition) is 2. The van der Waals surface area contributed by atoms with E-state index in [1.165, 1.54) is 32.1 Å². The second kappa shape index (κ2) is 6.98. The van der Waals surface area contributed by atoms with Crippen molar-refractivity contribution < 1.29 is 4.79 Å². The van der Waals surface area contributed by atoms with Gasteiger partial charge in [0, 0.05) is 18.7 Å². The SMILES string of the molecule is CCC1CCCCC1Nc1cc(C(=O)NC)ccc1Cl. The Morgan fingerprint density at radius 3 is 2.80 bits per heavy atom. The molecule has 2 unspecified atom stereocenters. The van der Waals surface area contributed by atoms with E-state index in [9.17, 15) is 4.79 Å². The standard InChI is InChI=1S/C16H23ClN2O/c1-3-11-6-4-5-7-14(11)19-15-10-12(16(20)18-2)8-9-13(15)17/h8-11,14,19H,3-7H2,1-2H3,(H,18,20). The predicted octanol–water partition coefficient (Wildman–Crippen LogP) is 4.08. The zero-order chi connectivity index (χ0) is 14.5. The molecule has 0 aliphatic heterocycles. The van der Waals surface area contributed by atoms with Crippen molar-refractivity contribution in [3.8, 4) is 0 Å². The molecule has 2 rings (SSSR count). The molecule has 110 valence electrons. The van der Waals surface area contributed by atoms with Crippen molar-refractivity contribution in [3.63, 3.8) is 0 Å². The second-order valence-corrected chi connectivity index (χ2v) is 5.88. The molecule has 1 aliphatic rings. The van der Waals surface area contributed by atoms with Crippen LogP contribution in [-0.4, -0.2) is 19.0 Å². The Morgan fingerprint density at radius 1 is 1.35 bits per heavy atom. The highest BCUT2D eigenvalue weighted by Crippen LogP contribution is 2.32. The summed E-state index contributed by atoms with van der Waals surface area (Å²) in [6.07, 6.45) is 6.23. The number of carbonyl (C=O) groups is 1. The molecule has 0 radical (unpaired) electrons. The molecule has 0 saturated heterocycles. The molecule has 1 amide bonds. The lowest BCUT2D eigenvalue weighted by molar-refractivity contribution is 0.0963. The minimum absolute atomic E-state index is 0.0830. The number of carbonyl (C=O) groups excluding carboxylic acids is 1. The first-order chi connectivity index (χ1) is 9.65. The van der Waals surface area contributed by atoms with E-state index in [2.05, 4.69) is 17.6 Å². The van der Waals surface area contributed by atoms with Gasteiger partial charge < -0.3 is 10.6 Å². The predicted molar refractivity (Wildman–Crippen MR) is 84.5 cm³/mol. The van der Waals surface area contributed by atoms with Gasteiger partial charge in [-0.1, -0.05) is 37.8 Å². The minimum Gasteiger partial charge on any atom is -0.381 e. The molecule has 3 nitrogen and oxygen atoms in total. The Labute approximate surface area is 126 Å². The van der Waals surface area contributed by atoms with Crippen LogP contribution in [0.1, 0.15) is 49.4 Å². The topological polar surface area (TPSA) is 41.1 Å². The van der Waals surface area contributed by atoms with Crippen LogP contribution >= 0.6 is 11.6 Å². The van der Waals surface area contributed by atoms with Crippen LogP contribution < -0.4 is 10.6 Å². The van der Waals surface area contributed by atoms with Crippen LogP contribution in [0.2, 0.25) is 5.02 Å². The molecule has 0 bridgehead atoms. The van der Waals surface area contributed by atoms with Crippen molar-refractivity contribution >= 4 is 23.2 Å². The summed E-state index contributed by atoms with van der Waals surface area (Å²) >= 11 is 6.26. The van der Waals surface area contributed by atoms with Crippen LogP contribution in [0.5, 0.6) is 0 Å². The number of rotatable bonds is 4. The summed E-state index contributed by atoms with van der Waals surface area (Å²) < 4.78 is 0. The first-order valence-corrected chi connectivity index (χ1v) is 7.81. The number of amides is 1. The molecule has 1 aliphatic carbocycles. The molecule has 0 heterocycles. The number of anilines is 1. The molecule has 0 spiro atoms. The van der Waals surface area contributed by atoms with E-state index in [1.807, 2.05) is 6.07 Å². The number of halogens is 1. The van der Waals surface area contributed by atoms with Crippen LogP contribution in [0.4, 0.5) is 5.69 Å². The second-order valence-electron chi connectivity index (χ2n) is 5.48. The molecular formula is C16H23ClN2O. The summed E-state index contributed by atoms with van der Waals surface area (Å²) in [6.45, 7) is 2.24. The van der Waals surface area contributed by atoms with E-state index in [-0.39, 0.29) is 5.91 Å². The van der Waals surface area contributed by atoms with Crippen LogP contribution in [0.25, 0.3) is 0 Å². The Bertz CT molecular complexity index is 476. The Morgan fingerprint density at radius 2 is 2.10 bits per heavy atom. The van der Waals surface area contributed by atoms with E-state index in [0.717, 1.165) is 5.69 Å². The van der Waals surface area contributed by atoms with Gasteiger partial charge in [0.2, 0.25) is 0 Å². The van der Waals surface area contributed by atoms with Gasteiger partial charge in [0.1, 0.15) is 0 Å². The fourth-order valence-corrected chi connectivity index (χ4v) is 3.18. The Kier molecular flexibility index (Phi) is 5.30. The number of hydrogen-bond acceptors (Lipinski definition) is 2. The highest BCUT2D eigenvalue weighted by Gasteiger charge is 2.24. The van der Waals surface area contributed by atoms with Gasteiger partial charge in [-0.05, 0) is 37.0 Å². The number of nitrogens with one attached hydrogen (secondary N) is 2. The summed E-state index contributed by atoms with van der Waals surface area (Å²) in [5.74, 6) is 0.615. The van der Waals surface area contributed by atoms with Crippen LogP contribution in [0.3, 0.4) is 0 Å². The summed E-state index contributed by atoms with van der Waals surface area (Å²) in [4.78, 5) is 11.7. The van der Waals surface area contributed by atoms with E-state index in [4.69, 9.17) is 11.6 Å². The van der Waals surface area contributed by atoms with E-state index in [0.29, 0.717) is 22.5 Å². The van der Waals surface area contributed by atoms with Crippen molar-refractivity contribution in [1.82, 2.24) is 5.32 Å². The molecule has 0 aromatic heterocycles. The highest BCUT2D eigenvalue weighted by molar-refractivity contribution is 6.33. The lowest BCUT2D eigenvalue weighted by Gasteiger charge is -2.32. The molecule has 1 aromatic rings. The normalized spacial score (nSPS) is 22.4. The van der Waals surface area contributed by atoms with Gasteiger partial charge in [-0.2, -0.15) is 0 Å². The molecule has 1 fully saturated rings. The number of benzene rings is 1. The van der Waals surface area contributed by atoms with Crippen molar-refractivity contribution in [2.75, 3.05) is 12.4 Å². The van der Waals surface area contributed by atoms with Crippen LogP contribution in [-0.2, 0) is 0 Å². The molecular weight excluding hydrogens is 272 g/mol. The first kappa shape index (κ1) is 15.2. The first-order valence-electron chi connectivity index (χ1n) is 7.44. The quantitative estimate of drug-likeness (QED) is 0.878. The van der Waals surface area contributed by atoms with E-state index < -0.39 is 0 Å². The third kappa shape index (κ3) is 3.45. The zero-order valence-corrected chi connectivity index (χ0v) is 13.0. The van der Waals surface area contributed by atoms with Crippen LogP contribution in [0, 0.1) is 5.92 Å². The van der Waals surface area contributed by atoms with Crippen LogP contribution in [0.15, 0.2) is 18.2 Å². The van der Waals surface area contributed by atoms with Crippen molar-refractivity contribution in [2.45, 2.75) is 45.1 Å². The third-order valence-electron chi connectivity index (χ3n) is 4.23. The van der Waals surface area contributed by atoms with Crippen molar-refractivity contribution in [2.24, 2.45) is 5.92 Å². The van der Waals surface area contributed by atoms with Crippen molar-refractivity contribution in [3.05, 3.63) is 28.8 Å². The summed E-state index contributed by atoms with van der Waals surface area (Å²) in [7, 11) is 1.64. The van der Waals surface area contributed by atoms with Gasteiger partial charge in [-0.3, -0.25) is 4.79 Å². The lowest BCUT2D eigenvalue weighted by atomic mass is 9.83. The molecule has 1 saturated carbocycles. The molecule has 1 aromatic carbocycles. The maximum Gasteiger partial charge on any atom is 0.251 e. The van der Waals surface area contributed by atoms with Gasteiger partial charge in [0.15, 0.2) is 0 Å². The Hall–Kier alpha value is -1.22. The third-order valence-corrected chi connectivity index (χ3v) is 4.56. The average molecular weight is 295 g/mol. The van der Waals surface area contributed by atoms with Gasteiger partial charge in [0.05, 0.1) is 10.7 Å². The monoisotopic (exact) mass is 294 g/mol. The maximum atomic E-state index is 11.7. The lowest BCUT2D eigenvalue weighted by Crippen LogP contribution is -2.32. The minimum atomic E-state index is -0.0830. The summed E-state index contributed by atoms with van der Waals surface area (Å²) in [6, 6.07) is 5.86. The van der Waals surface area contributed by atoms with E-state index in [1.54, 1.807) is 19.2 Å². The Balaban J connectivity index is 2.17. The summed E-state index contributed by atoms with van der Waals surface area (Å²) in [5, 5.41) is 6.88. The van der Waals surface area contributed by atoms with Gasteiger partial charge in [0.25, 0.3) is 5.91 Å². The molecule has 20 heavy (non-hydrogen) atoms. The molecule has 2 N–H and O–H groups in total. The zero-order valence-electron chi connectivity index (χ0n) is 12.2. The van der Waals surface area contributed by atoms with Gasteiger partial charge in [-0.25, -0.2) is 0 Å². The van der Waals surface area contributed by atoms with Gasteiger partial charge in [-0.15, -0.1) is 0 Å².